The molecule has 0 spiro atoms. The first-order chi connectivity index (χ1) is 13.1. The molecule has 2 aliphatic rings. The molecule has 4 rings (SSSR count). The van der Waals surface area contributed by atoms with Crippen molar-refractivity contribution in [3.8, 4) is 5.75 Å². The quantitative estimate of drug-likeness (QED) is 0.874. The topological polar surface area (TPSA) is 72.9 Å². The molecule has 1 aliphatic carbocycles. The van der Waals surface area contributed by atoms with E-state index in [4.69, 9.17) is 0 Å². The minimum atomic E-state index is -0.00740. The number of carbonyl (C=O) groups is 2. The van der Waals surface area contributed by atoms with E-state index in [1.165, 1.54) is 0 Å². The van der Waals surface area contributed by atoms with Crippen LogP contribution in [0.3, 0.4) is 0 Å². The second-order valence-corrected chi connectivity index (χ2v) is 7.11. The molecule has 0 radical (unpaired) electrons. The van der Waals surface area contributed by atoms with Gasteiger partial charge in [-0.1, -0.05) is 12.1 Å². The van der Waals surface area contributed by atoms with Crippen LogP contribution in [0.4, 0.5) is 11.4 Å². The molecule has 2 aromatic carbocycles. The summed E-state index contributed by atoms with van der Waals surface area (Å²) in [5.74, 6) is 0.481. The molecule has 1 saturated heterocycles. The summed E-state index contributed by atoms with van der Waals surface area (Å²) >= 11 is 0. The SMILES string of the molecule is O=C(Nc1ccc(C(=O)N2CCN(c3ccccc3O)CC2)cc1)C1CC1. The Morgan fingerprint density at radius 2 is 1.59 bits per heavy atom. The molecule has 1 heterocycles. The number of carbonyl (C=O) groups excluding carboxylic acids is 2. The largest absolute Gasteiger partial charge is 0.506 e. The van der Waals surface area contributed by atoms with Gasteiger partial charge in [0.2, 0.25) is 5.91 Å². The second-order valence-electron chi connectivity index (χ2n) is 7.11. The van der Waals surface area contributed by atoms with Crippen LogP contribution in [0.25, 0.3) is 0 Å². The predicted molar refractivity (Wildman–Crippen MR) is 104 cm³/mol. The maximum atomic E-state index is 12.7. The molecule has 2 amide bonds. The molecule has 27 heavy (non-hydrogen) atoms. The van der Waals surface area contributed by atoms with E-state index < -0.39 is 0 Å². The van der Waals surface area contributed by atoms with E-state index in [9.17, 15) is 14.7 Å². The summed E-state index contributed by atoms with van der Waals surface area (Å²) in [6.07, 6.45) is 1.93. The molecule has 140 valence electrons. The molecule has 0 bridgehead atoms. The number of phenolic OH excluding ortho intramolecular Hbond substituents is 1. The Hall–Kier alpha value is -3.02. The molecule has 0 unspecified atom stereocenters. The van der Waals surface area contributed by atoms with Crippen molar-refractivity contribution < 1.29 is 14.7 Å². The molecule has 2 N–H and O–H groups in total. The van der Waals surface area contributed by atoms with Crippen LogP contribution in [0.5, 0.6) is 5.75 Å². The van der Waals surface area contributed by atoms with Gasteiger partial charge >= 0.3 is 0 Å². The van der Waals surface area contributed by atoms with E-state index >= 15 is 0 Å². The number of nitrogens with zero attached hydrogens (tertiary/aromatic N) is 2. The zero-order valence-corrected chi connectivity index (χ0v) is 15.1. The van der Waals surface area contributed by atoms with Crippen molar-refractivity contribution in [1.29, 1.82) is 0 Å². The number of anilines is 2. The third-order valence-electron chi connectivity index (χ3n) is 5.14. The zero-order valence-electron chi connectivity index (χ0n) is 15.1. The highest BCUT2D eigenvalue weighted by Crippen LogP contribution is 2.30. The van der Waals surface area contributed by atoms with Crippen molar-refractivity contribution in [2.75, 3.05) is 36.4 Å². The summed E-state index contributed by atoms with van der Waals surface area (Å²) in [7, 11) is 0. The first kappa shape index (κ1) is 17.4. The van der Waals surface area contributed by atoms with Gasteiger partial charge in [0, 0.05) is 43.3 Å². The lowest BCUT2D eigenvalue weighted by molar-refractivity contribution is -0.117. The molecule has 1 saturated carbocycles. The number of benzene rings is 2. The molecule has 6 nitrogen and oxygen atoms in total. The van der Waals surface area contributed by atoms with Crippen LogP contribution in [0, 0.1) is 5.92 Å². The molecular weight excluding hydrogens is 342 g/mol. The monoisotopic (exact) mass is 365 g/mol. The van der Waals surface area contributed by atoms with Crippen LogP contribution in [0.1, 0.15) is 23.2 Å². The third-order valence-corrected chi connectivity index (χ3v) is 5.14. The summed E-state index contributed by atoms with van der Waals surface area (Å²) in [6, 6.07) is 14.4. The van der Waals surface area contributed by atoms with Gasteiger partial charge in [-0.05, 0) is 49.2 Å². The lowest BCUT2D eigenvalue weighted by Crippen LogP contribution is -2.48. The van der Waals surface area contributed by atoms with Crippen molar-refractivity contribution in [2.24, 2.45) is 5.92 Å². The highest BCUT2D eigenvalue weighted by molar-refractivity contribution is 5.97. The zero-order chi connectivity index (χ0) is 18.8. The summed E-state index contributed by atoms with van der Waals surface area (Å²) in [5.41, 5.74) is 2.16. The minimum absolute atomic E-state index is 0.00740. The number of hydrogen-bond donors (Lipinski definition) is 2. The van der Waals surface area contributed by atoms with Gasteiger partial charge in [0.1, 0.15) is 5.75 Å². The van der Waals surface area contributed by atoms with E-state index in [1.54, 1.807) is 36.4 Å². The minimum Gasteiger partial charge on any atom is -0.506 e. The van der Waals surface area contributed by atoms with Gasteiger partial charge in [0.25, 0.3) is 5.91 Å². The number of piperazine rings is 1. The molecule has 0 atom stereocenters. The second kappa shape index (κ2) is 7.31. The average molecular weight is 365 g/mol. The van der Waals surface area contributed by atoms with Crippen molar-refractivity contribution >= 4 is 23.2 Å². The Bertz CT molecular complexity index is 838. The van der Waals surface area contributed by atoms with Crippen molar-refractivity contribution in [3.05, 3.63) is 54.1 Å². The summed E-state index contributed by atoms with van der Waals surface area (Å²) in [6.45, 7) is 2.57. The Morgan fingerprint density at radius 1 is 0.926 bits per heavy atom. The fourth-order valence-corrected chi connectivity index (χ4v) is 3.35. The van der Waals surface area contributed by atoms with Crippen molar-refractivity contribution in [1.82, 2.24) is 4.90 Å². The van der Waals surface area contributed by atoms with E-state index in [1.807, 2.05) is 17.0 Å². The number of nitrogens with one attached hydrogen (secondary N) is 1. The summed E-state index contributed by atoms with van der Waals surface area (Å²) in [4.78, 5) is 28.5. The predicted octanol–water partition coefficient (Wildman–Crippen LogP) is 2.70. The fourth-order valence-electron chi connectivity index (χ4n) is 3.35. The van der Waals surface area contributed by atoms with Gasteiger partial charge in [-0.25, -0.2) is 0 Å². The average Bonchev–Trinajstić information content (AvgIpc) is 3.54. The maximum absolute atomic E-state index is 12.7. The first-order valence-electron chi connectivity index (χ1n) is 9.35. The van der Waals surface area contributed by atoms with Gasteiger partial charge in [-0.3, -0.25) is 9.59 Å². The van der Waals surface area contributed by atoms with Gasteiger partial charge in [0.05, 0.1) is 5.69 Å². The highest BCUT2D eigenvalue weighted by atomic mass is 16.3. The smallest absolute Gasteiger partial charge is 0.253 e. The number of aromatic hydroxyl groups is 1. The van der Waals surface area contributed by atoms with Crippen LogP contribution in [-0.2, 0) is 4.79 Å². The molecule has 2 aromatic rings. The van der Waals surface area contributed by atoms with Gasteiger partial charge in [0.15, 0.2) is 0 Å². The standard InChI is InChI=1S/C21H23N3O3/c25-19-4-2-1-3-18(19)23-11-13-24(14-12-23)21(27)16-7-9-17(10-8-16)22-20(26)15-5-6-15/h1-4,7-10,15,25H,5-6,11-14H2,(H,22,26). The molecule has 1 aliphatic heterocycles. The molecule has 2 fully saturated rings. The summed E-state index contributed by atoms with van der Waals surface area (Å²) in [5, 5.41) is 12.9. The molecular formula is C21H23N3O3. The highest BCUT2D eigenvalue weighted by Gasteiger charge is 2.29. The lowest BCUT2D eigenvalue weighted by atomic mass is 10.1. The van der Waals surface area contributed by atoms with E-state index in [2.05, 4.69) is 10.2 Å². The Balaban J connectivity index is 1.35. The van der Waals surface area contributed by atoms with Gasteiger partial charge in [-0.2, -0.15) is 0 Å². The maximum Gasteiger partial charge on any atom is 0.253 e. The Kier molecular flexibility index (Phi) is 4.71. The lowest BCUT2D eigenvalue weighted by Gasteiger charge is -2.36. The normalized spacial score (nSPS) is 16.9. The number of hydrogen-bond acceptors (Lipinski definition) is 4. The van der Waals surface area contributed by atoms with E-state index in [0.717, 1.165) is 24.2 Å². The third kappa shape index (κ3) is 3.89. The van der Waals surface area contributed by atoms with Crippen molar-refractivity contribution in [3.63, 3.8) is 0 Å². The van der Waals surface area contributed by atoms with E-state index in [0.29, 0.717) is 31.7 Å². The number of rotatable bonds is 4. The van der Waals surface area contributed by atoms with Crippen LogP contribution in [-0.4, -0.2) is 48.0 Å². The summed E-state index contributed by atoms with van der Waals surface area (Å²) < 4.78 is 0. The first-order valence-corrected chi connectivity index (χ1v) is 9.35. The van der Waals surface area contributed by atoms with Crippen LogP contribution < -0.4 is 10.2 Å². The molecule has 6 heteroatoms. The van der Waals surface area contributed by atoms with Crippen LogP contribution in [0.2, 0.25) is 0 Å². The Labute approximate surface area is 158 Å². The number of para-hydroxylation sites is 2. The van der Waals surface area contributed by atoms with Gasteiger partial charge in [-0.15, -0.1) is 0 Å². The van der Waals surface area contributed by atoms with Crippen molar-refractivity contribution in [2.45, 2.75) is 12.8 Å². The number of phenols is 1. The van der Waals surface area contributed by atoms with Gasteiger partial charge < -0.3 is 20.2 Å². The number of amides is 2. The molecule has 0 aromatic heterocycles. The van der Waals surface area contributed by atoms with Crippen LogP contribution in [0.15, 0.2) is 48.5 Å². The Morgan fingerprint density at radius 3 is 2.22 bits per heavy atom. The van der Waals surface area contributed by atoms with Crippen LogP contribution >= 0.6 is 0 Å². The fraction of sp³-hybridized carbons (Fsp3) is 0.333. The van der Waals surface area contributed by atoms with E-state index in [-0.39, 0.29) is 23.5 Å².